The van der Waals surface area contributed by atoms with Crippen LogP contribution in [0.5, 0.6) is 0 Å². The number of hydrogen-bond acceptors (Lipinski definition) is 8. The van der Waals surface area contributed by atoms with Crippen LogP contribution in [0, 0.1) is 0 Å². The van der Waals surface area contributed by atoms with E-state index in [1.54, 1.807) is 201 Å². The van der Waals surface area contributed by atoms with E-state index >= 15 is 0 Å². The van der Waals surface area contributed by atoms with Crippen LogP contribution in [0.25, 0.3) is 64.6 Å². The molecule has 0 fully saturated rings. The predicted molar refractivity (Wildman–Crippen MR) is 429 cm³/mol. The van der Waals surface area contributed by atoms with Crippen molar-refractivity contribution in [1.82, 2.24) is 10.6 Å². The molecule has 14 aromatic carbocycles. The van der Waals surface area contributed by atoms with Gasteiger partial charge in [0.25, 0.3) is 11.8 Å². The summed E-state index contributed by atoms with van der Waals surface area (Å²) in [5.41, 5.74) is 19.8. The first-order valence-corrected chi connectivity index (χ1v) is 31.1. The molecule has 518 valence electrons. The molecule has 0 spiro atoms. The third-order valence-electron chi connectivity index (χ3n) is 15.8. The molecular weight excluding hydrogens is 1290 g/mol. The van der Waals surface area contributed by atoms with E-state index in [9.17, 15) is 24.6 Å². The van der Waals surface area contributed by atoms with Gasteiger partial charge < -0.3 is 38.0 Å². The van der Waals surface area contributed by atoms with Gasteiger partial charge in [0, 0.05) is 44.2 Å². The number of nitrogens with two attached hydrogens (primary N) is 3. The quantitative estimate of drug-likeness (QED) is 0.0587. The smallest absolute Gasteiger partial charge is 0.253 e. The SMILES string of the molecule is C.CC(=O)c1cccc2ccccc12.Cl.Cl.[2H]C([2H])([2H])C([2H])(N)c1cccc2ccccc12.[2H]C([2H])([2H])C([2H])(NC(=O)[C@H](O)c1ccccc1)c1cccc2ccccc12.[2H]C([2H])([2H])[C@@]([2H])(N)c1cccc2ccccc12.[2H]C([2H])([2H])[C@@]([2H])(N)c1cccc2ccccc12.[2H]C([2H])([2H])[C@@]([2H])(NC(=O)[C@H](O)c1ccccc1)c1cccc2ccccc12. The maximum atomic E-state index is 12.6. The molecule has 12 heteroatoms. The largest absolute Gasteiger partial charge is 0.378 e. The Bertz CT molecular complexity index is 5410. The lowest BCUT2D eigenvalue weighted by atomic mass is 9.99. The minimum Gasteiger partial charge on any atom is -0.378 e. The first-order chi connectivity index (χ1) is 55.3. The molecular formula is C89H93Cl2N5O5. The molecule has 2 unspecified atom stereocenters. The number of fused-ring (bicyclic) bond motifs is 6. The summed E-state index contributed by atoms with van der Waals surface area (Å²) in [7, 11) is 0. The third kappa shape index (κ3) is 21.3. The molecule has 7 atom stereocenters. The summed E-state index contributed by atoms with van der Waals surface area (Å²) in [4.78, 5) is 36.4. The third-order valence-corrected chi connectivity index (χ3v) is 15.8. The number of hydrogen-bond donors (Lipinski definition) is 7. The van der Waals surface area contributed by atoms with E-state index < -0.39 is 88.4 Å². The Morgan fingerprint density at radius 3 is 0.822 bits per heavy atom. The van der Waals surface area contributed by atoms with E-state index in [2.05, 4.69) is 10.6 Å². The van der Waals surface area contributed by atoms with Gasteiger partial charge in [-0.2, -0.15) is 0 Å². The number of benzene rings is 14. The number of rotatable bonds is 12. The monoisotopic (exact) mass is 1400 g/mol. The summed E-state index contributed by atoms with van der Waals surface area (Å²) in [6.45, 7) is -11.8. The molecule has 10 N–H and O–H groups in total. The van der Waals surface area contributed by atoms with Crippen LogP contribution in [0.2, 0.25) is 0 Å². The Labute approximate surface area is 635 Å². The van der Waals surface area contributed by atoms with Crippen molar-refractivity contribution in [2.45, 2.75) is 90.9 Å². The maximum Gasteiger partial charge on any atom is 0.253 e. The van der Waals surface area contributed by atoms with Crippen molar-refractivity contribution < 1.29 is 52.0 Å². The van der Waals surface area contributed by atoms with Gasteiger partial charge in [0.1, 0.15) is 0 Å². The van der Waals surface area contributed by atoms with Crippen LogP contribution in [-0.2, 0) is 9.59 Å². The van der Waals surface area contributed by atoms with Gasteiger partial charge in [-0.05, 0) is 145 Å². The van der Waals surface area contributed by atoms with Crippen molar-refractivity contribution in [2.75, 3.05) is 0 Å². The van der Waals surface area contributed by atoms with Crippen LogP contribution in [0.4, 0.5) is 0 Å². The Morgan fingerprint density at radius 1 is 0.317 bits per heavy atom. The first kappa shape index (κ1) is 54.5. The number of Topliss-reactive ketones (excluding diaryl/α,β-unsaturated/α-hetero) is 1. The average Bonchev–Trinajstić information content (AvgIpc) is 0.759. The van der Waals surface area contributed by atoms with Crippen LogP contribution in [0.15, 0.2) is 315 Å². The summed E-state index contributed by atoms with van der Waals surface area (Å²) in [6, 6.07) is 80.6. The van der Waals surface area contributed by atoms with E-state index in [-0.39, 0.29) is 49.2 Å². The molecule has 10 nitrogen and oxygen atoms in total. The summed E-state index contributed by atoms with van der Waals surface area (Å²) >= 11 is 0. The molecule has 0 aliphatic carbocycles. The minimum atomic E-state index is -2.86. The van der Waals surface area contributed by atoms with E-state index in [1.807, 2.05) is 109 Å². The van der Waals surface area contributed by atoms with Gasteiger partial charge >= 0.3 is 0 Å². The summed E-state index contributed by atoms with van der Waals surface area (Å²) in [5, 5.41) is 34.7. The lowest BCUT2D eigenvalue weighted by molar-refractivity contribution is -0.131. The predicted octanol–water partition coefficient (Wildman–Crippen LogP) is 20.6. The number of carbonyl (C=O) groups excluding carboxylic acids is 3. The minimum absolute atomic E-state index is 0. The maximum absolute atomic E-state index is 12.6. The number of ketones is 1. The molecule has 0 aliphatic heterocycles. The zero-order valence-corrected chi connectivity index (χ0v) is 56.0. The summed E-state index contributed by atoms with van der Waals surface area (Å²) in [5.74, 6) is -1.77. The zero-order chi connectivity index (χ0) is 86.6. The molecule has 0 aliphatic rings. The van der Waals surface area contributed by atoms with Crippen molar-refractivity contribution in [2.24, 2.45) is 17.2 Å². The normalized spacial score (nSPS) is 17.6. The number of halogens is 2. The summed E-state index contributed by atoms with van der Waals surface area (Å²) in [6.07, 6.45) is -3.15. The highest BCUT2D eigenvalue weighted by molar-refractivity contribution is 6.07. The van der Waals surface area contributed by atoms with Crippen molar-refractivity contribution in [3.05, 3.63) is 360 Å². The Balaban J connectivity index is 0.000000228. The number of carbonyl (C=O) groups is 3. The van der Waals surface area contributed by atoms with Crippen molar-refractivity contribution >= 4 is 107 Å². The molecule has 0 aromatic heterocycles. The van der Waals surface area contributed by atoms with Crippen LogP contribution >= 0.6 is 24.8 Å². The van der Waals surface area contributed by atoms with Gasteiger partial charge in [0.2, 0.25) is 0 Å². The van der Waals surface area contributed by atoms with Crippen LogP contribution in [-0.4, -0.2) is 27.8 Å². The molecule has 0 saturated carbocycles. The van der Waals surface area contributed by atoms with Crippen LogP contribution in [0.1, 0.15) is 168 Å². The fraction of sp³-hybridized carbons (Fsp3) is 0.157. The van der Waals surface area contributed by atoms with Gasteiger partial charge in [-0.1, -0.05) is 323 Å². The van der Waals surface area contributed by atoms with Gasteiger partial charge in [-0.15, -0.1) is 24.8 Å². The van der Waals surface area contributed by atoms with E-state index in [0.717, 1.165) is 43.3 Å². The molecule has 14 aromatic rings. The molecule has 101 heavy (non-hydrogen) atoms. The highest BCUT2D eigenvalue weighted by Crippen LogP contribution is 2.29. The number of amides is 2. The molecule has 14 rings (SSSR count). The first-order valence-electron chi connectivity index (χ1n) is 41.1. The Morgan fingerprint density at radius 2 is 0.545 bits per heavy atom. The van der Waals surface area contributed by atoms with E-state index in [4.69, 9.17) is 44.6 Å². The molecule has 0 radical (unpaired) electrons. The molecule has 0 bridgehead atoms. The number of aliphatic hydroxyl groups is 2. The molecule has 2 amide bonds. The Kier molecular flexibility index (Phi) is 21.3. The van der Waals surface area contributed by atoms with Gasteiger partial charge in [0.15, 0.2) is 18.0 Å². The van der Waals surface area contributed by atoms with E-state index in [1.165, 1.54) is 12.1 Å². The number of aliphatic hydroxyl groups excluding tert-OH is 2. The average molecular weight is 1400 g/mol. The van der Waals surface area contributed by atoms with Crippen LogP contribution < -0.4 is 27.8 Å². The highest BCUT2D eigenvalue weighted by Gasteiger charge is 2.22. The fourth-order valence-electron chi connectivity index (χ4n) is 10.9. The molecule has 0 saturated heterocycles. The fourth-order valence-corrected chi connectivity index (χ4v) is 10.9. The van der Waals surface area contributed by atoms with E-state index in [0.29, 0.717) is 54.7 Å². The Hall–Kier alpha value is -10.4. The van der Waals surface area contributed by atoms with Crippen molar-refractivity contribution in [3.8, 4) is 0 Å². The number of nitrogens with one attached hydrogen (secondary N) is 2. The topological polar surface area (TPSA) is 194 Å². The highest BCUT2D eigenvalue weighted by atomic mass is 35.5. The summed E-state index contributed by atoms with van der Waals surface area (Å²) < 4.78 is 155. The zero-order valence-electron chi connectivity index (χ0n) is 74.3. The lowest BCUT2D eigenvalue weighted by Crippen LogP contribution is -2.31. The second kappa shape index (κ2) is 39.4. The second-order valence-corrected chi connectivity index (χ2v) is 22.3. The molecule has 0 heterocycles. The van der Waals surface area contributed by atoms with Crippen molar-refractivity contribution in [1.29, 1.82) is 0 Å². The van der Waals surface area contributed by atoms with Gasteiger partial charge in [-0.3, -0.25) is 14.4 Å². The van der Waals surface area contributed by atoms with Crippen molar-refractivity contribution in [3.63, 3.8) is 0 Å². The second-order valence-electron chi connectivity index (χ2n) is 22.3. The van der Waals surface area contributed by atoms with Gasteiger partial charge in [-0.25, -0.2) is 0 Å². The lowest BCUT2D eigenvalue weighted by Gasteiger charge is -2.19. The van der Waals surface area contributed by atoms with Crippen LogP contribution in [0.3, 0.4) is 0 Å². The van der Waals surface area contributed by atoms with Gasteiger partial charge in [0.05, 0.1) is 18.9 Å². The standard InChI is InChI=1S/2C20H19NO2.3C12H13N.C12H10O.CH4.2ClH/c2*1-14(17-13-7-11-15-8-5-6-12-18(15)17)21-20(23)19(22)16-9-3-2-4-10-16;4*1-9(13)11-8-4-6-10-5-2-3-7-12(10)11;;;/h2*2-14,19,22H,1H3,(H,21,23);3*2-9H,13H2,1H3;2-8H,1H3;1H4;2*1H/t14?,19-;14-,19-;2*9-;;;;;/m1111...../s1/i2*1D3,14D;3*1D3,9D;;;;.